The molecule has 0 aliphatic rings. The maximum Gasteiger partial charge on any atom is 0.227 e. The Hall–Kier alpha value is -2.68. The zero-order valence-corrected chi connectivity index (χ0v) is 14.8. The molecule has 120 valence electrons. The number of hydrogen-bond donors (Lipinski definition) is 0. The first kappa shape index (κ1) is 14.9. The lowest BCUT2D eigenvalue weighted by Gasteiger charge is -2.06. The molecule has 0 saturated heterocycles. The highest BCUT2D eigenvalue weighted by Crippen LogP contribution is 2.36. The van der Waals surface area contributed by atoms with Crippen LogP contribution in [0.1, 0.15) is 22.4 Å². The van der Waals surface area contributed by atoms with Crippen molar-refractivity contribution in [3.63, 3.8) is 0 Å². The predicted molar refractivity (Wildman–Crippen MR) is 97.1 cm³/mol. The summed E-state index contributed by atoms with van der Waals surface area (Å²) in [4.78, 5) is 4.57. The lowest BCUT2D eigenvalue weighted by atomic mass is 10.0. The molecule has 0 atom stereocenters. The average Bonchev–Trinajstić information content (AvgIpc) is 2.91. The SMILES string of the molecule is Cc1ccc2c(n1)oc1c(-c3cc(C)c(C)c[n+]3C)ccc(C)c12. The number of furan rings is 1. The molecule has 0 bridgehead atoms. The number of hydrogen-bond acceptors (Lipinski definition) is 2. The van der Waals surface area contributed by atoms with Crippen molar-refractivity contribution in [3.05, 3.63) is 58.9 Å². The van der Waals surface area contributed by atoms with E-state index in [1.54, 1.807) is 0 Å². The maximum atomic E-state index is 6.20. The predicted octanol–water partition coefficient (Wildman–Crippen LogP) is 4.71. The highest BCUT2D eigenvalue weighted by atomic mass is 16.3. The normalized spacial score (nSPS) is 11.5. The minimum atomic E-state index is 0.715. The van der Waals surface area contributed by atoms with Gasteiger partial charge in [-0.2, -0.15) is 0 Å². The third-order valence-corrected chi connectivity index (χ3v) is 4.85. The topological polar surface area (TPSA) is 29.9 Å². The number of nitrogens with zero attached hydrogens (tertiary/aromatic N) is 2. The first-order valence-electron chi connectivity index (χ1n) is 8.22. The molecule has 3 aromatic heterocycles. The Kier molecular flexibility index (Phi) is 3.20. The summed E-state index contributed by atoms with van der Waals surface area (Å²) in [7, 11) is 2.08. The van der Waals surface area contributed by atoms with E-state index < -0.39 is 0 Å². The molecule has 0 aliphatic carbocycles. The molecule has 0 saturated carbocycles. The smallest absolute Gasteiger partial charge is 0.227 e. The Morgan fingerprint density at radius 2 is 1.71 bits per heavy atom. The van der Waals surface area contributed by atoms with Gasteiger partial charge in [-0.05, 0) is 57.0 Å². The molecule has 24 heavy (non-hydrogen) atoms. The fourth-order valence-corrected chi connectivity index (χ4v) is 3.37. The van der Waals surface area contributed by atoms with Gasteiger partial charge in [-0.25, -0.2) is 9.55 Å². The standard InChI is InChI=1S/C21H21N2O/c1-12-6-8-16(18-10-13(2)14(3)11-23(18)5)20-19(12)17-9-7-15(4)22-21(17)24-20/h6-11H,1-5H3/q+1. The maximum absolute atomic E-state index is 6.20. The Morgan fingerprint density at radius 1 is 0.917 bits per heavy atom. The van der Waals surface area contributed by atoms with Gasteiger partial charge in [-0.1, -0.05) is 6.07 Å². The van der Waals surface area contributed by atoms with E-state index in [0.29, 0.717) is 5.71 Å². The zero-order valence-electron chi connectivity index (χ0n) is 14.8. The van der Waals surface area contributed by atoms with E-state index in [0.717, 1.165) is 33.3 Å². The number of aryl methyl sites for hydroxylation is 5. The van der Waals surface area contributed by atoms with Crippen molar-refractivity contribution in [3.8, 4) is 11.3 Å². The van der Waals surface area contributed by atoms with E-state index in [9.17, 15) is 0 Å². The number of pyridine rings is 2. The molecule has 1 aromatic carbocycles. The second-order valence-electron chi connectivity index (χ2n) is 6.68. The quantitative estimate of drug-likeness (QED) is 0.476. The van der Waals surface area contributed by atoms with E-state index in [-0.39, 0.29) is 0 Å². The van der Waals surface area contributed by atoms with Gasteiger partial charge in [-0.15, -0.1) is 0 Å². The van der Waals surface area contributed by atoms with Gasteiger partial charge < -0.3 is 4.42 Å². The van der Waals surface area contributed by atoms with Crippen molar-refractivity contribution < 1.29 is 8.98 Å². The molecular formula is C21H21N2O+. The molecule has 3 nitrogen and oxygen atoms in total. The van der Waals surface area contributed by atoms with Gasteiger partial charge in [0.05, 0.1) is 5.56 Å². The van der Waals surface area contributed by atoms with Crippen LogP contribution in [0, 0.1) is 27.7 Å². The van der Waals surface area contributed by atoms with Crippen LogP contribution in [0.2, 0.25) is 0 Å². The fourth-order valence-electron chi connectivity index (χ4n) is 3.37. The highest BCUT2D eigenvalue weighted by Gasteiger charge is 2.20. The summed E-state index contributed by atoms with van der Waals surface area (Å²) in [6.45, 7) is 8.40. The molecule has 0 unspecified atom stereocenters. The van der Waals surface area contributed by atoms with Crippen LogP contribution in [0.5, 0.6) is 0 Å². The minimum Gasteiger partial charge on any atom is -0.437 e. The summed E-state index contributed by atoms with van der Waals surface area (Å²) in [6.07, 6.45) is 2.17. The summed E-state index contributed by atoms with van der Waals surface area (Å²) in [5.74, 6) is 0. The zero-order chi connectivity index (χ0) is 17.0. The second kappa shape index (κ2) is 5.17. The van der Waals surface area contributed by atoms with E-state index in [1.165, 1.54) is 16.7 Å². The number of benzene rings is 1. The van der Waals surface area contributed by atoms with E-state index >= 15 is 0 Å². The highest BCUT2D eigenvalue weighted by molar-refractivity contribution is 6.09. The van der Waals surface area contributed by atoms with Crippen LogP contribution in [0.3, 0.4) is 0 Å². The lowest BCUT2D eigenvalue weighted by Crippen LogP contribution is -2.31. The van der Waals surface area contributed by atoms with Gasteiger partial charge in [-0.3, -0.25) is 0 Å². The molecule has 0 amide bonds. The van der Waals surface area contributed by atoms with Crippen LogP contribution < -0.4 is 4.57 Å². The van der Waals surface area contributed by atoms with Crippen molar-refractivity contribution in [1.29, 1.82) is 0 Å². The minimum absolute atomic E-state index is 0.715. The van der Waals surface area contributed by atoms with Gasteiger partial charge in [0.15, 0.2) is 11.8 Å². The first-order valence-corrected chi connectivity index (χ1v) is 8.22. The van der Waals surface area contributed by atoms with Crippen LogP contribution in [0.15, 0.2) is 40.9 Å². The number of rotatable bonds is 1. The van der Waals surface area contributed by atoms with Gasteiger partial charge in [0.2, 0.25) is 11.4 Å². The van der Waals surface area contributed by atoms with Crippen LogP contribution in [0.25, 0.3) is 33.3 Å². The molecule has 4 aromatic rings. The van der Waals surface area contributed by atoms with Crippen LogP contribution >= 0.6 is 0 Å². The van der Waals surface area contributed by atoms with Gasteiger partial charge >= 0.3 is 0 Å². The molecule has 4 rings (SSSR count). The first-order chi connectivity index (χ1) is 11.5. The van der Waals surface area contributed by atoms with Crippen molar-refractivity contribution >= 4 is 22.1 Å². The Morgan fingerprint density at radius 3 is 2.50 bits per heavy atom. The average molecular weight is 317 g/mol. The van der Waals surface area contributed by atoms with Crippen LogP contribution in [-0.2, 0) is 7.05 Å². The largest absolute Gasteiger partial charge is 0.437 e. The molecule has 0 aliphatic heterocycles. The van der Waals surface area contributed by atoms with Crippen LogP contribution in [0.4, 0.5) is 0 Å². The van der Waals surface area contributed by atoms with Gasteiger partial charge in [0, 0.05) is 28.1 Å². The van der Waals surface area contributed by atoms with Crippen molar-refractivity contribution in [1.82, 2.24) is 4.98 Å². The Bertz CT molecular complexity index is 1110. The van der Waals surface area contributed by atoms with Crippen molar-refractivity contribution in [2.75, 3.05) is 0 Å². The summed E-state index contributed by atoms with van der Waals surface area (Å²) >= 11 is 0. The number of aromatic nitrogens is 2. The molecule has 0 radical (unpaired) electrons. The summed E-state index contributed by atoms with van der Waals surface area (Å²) < 4.78 is 8.37. The summed E-state index contributed by atoms with van der Waals surface area (Å²) in [5, 5.41) is 2.25. The third kappa shape index (κ3) is 2.12. The summed E-state index contributed by atoms with van der Waals surface area (Å²) in [6, 6.07) is 10.7. The summed E-state index contributed by atoms with van der Waals surface area (Å²) in [5.41, 5.74) is 8.64. The molecular weight excluding hydrogens is 296 g/mol. The molecule has 3 heterocycles. The monoisotopic (exact) mass is 317 g/mol. The van der Waals surface area contributed by atoms with Gasteiger partial charge in [0.25, 0.3) is 0 Å². The van der Waals surface area contributed by atoms with Crippen molar-refractivity contribution in [2.24, 2.45) is 7.05 Å². The lowest BCUT2D eigenvalue weighted by molar-refractivity contribution is -0.660. The fraction of sp³-hybridized carbons (Fsp3) is 0.238. The molecule has 0 N–H and O–H groups in total. The second-order valence-corrected chi connectivity index (χ2v) is 6.68. The Balaban J connectivity index is 2.12. The van der Waals surface area contributed by atoms with E-state index in [2.05, 4.69) is 67.8 Å². The van der Waals surface area contributed by atoms with Gasteiger partial charge in [0.1, 0.15) is 7.05 Å². The van der Waals surface area contributed by atoms with E-state index in [1.807, 2.05) is 13.0 Å². The van der Waals surface area contributed by atoms with Crippen LogP contribution in [-0.4, -0.2) is 4.98 Å². The van der Waals surface area contributed by atoms with Crippen molar-refractivity contribution in [2.45, 2.75) is 27.7 Å². The third-order valence-electron chi connectivity index (χ3n) is 4.85. The number of fused-ring (bicyclic) bond motifs is 3. The molecule has 0 spiro atoms. The molecule has 0 fully saturated rings. The van der Waals surface area contributed by atoms with E-state index in [4.69, 9.17) is 4.42 Å². The Labute approximate surface area is 141 Å². The molecule has 3 heteroatoms.